The minimum absolute atomic E-state index is 0.0600. The Kier molecular flexibility index (Phi) is 8.50. The molecule has 2 nitrogen and oxygen atoms in total. The van der Waals surface area contributed by atoms with Crippen LogP contribution in [-0.4, -0.2) is 8.80 Å². The van der Waals surface area contributed by atoms with E-state index in [1.54, 1.807) is 0 Å². The van der Waals surface area contributed by atoms with E-state index >= 15 is 0 Å². The molecule has 0 atom stereocenters. The fourth-order valence-corrected chi connectivity index (χ4v) is 14.7. The van der Waals surface area contributed by atoms with Crippen molar-refractivity contribution in [3.05, 3.63) is 266 Å². The third kappa shape index (κ3) is 5.85. The third-order valence-corrected chi connectivity index (χ3v) is 18.3. The minimum atomic E-state index is -0.0600. The molecule has 0 bridgehead atoms. The number of nitrogens with zero attached hydrogens (tertiary/aromatic N) is 2. The standard InChI is InChI=1S/C77H48N2/c1-77(2)67-26-13-11-22-57(67)58-32-28-49(43-68(58)77)47-29-33-70-62(39-47)64-41-50-20-9-10-21-56(50)73-66-42-51(31-35-72(66)79(70)75(64)73)55-24-15-25-59-61(55)44-65-63-40-48(30-34-71(63)78-69-27-14-12-23-60(69)74(59)76(65)78)54-37-52(45-16-5-3-6-17-45)36-53(38-54)46-18-7-4-8-19-46/h3-44H,1-2H3. The Hall–Kier alpha value is -10.0. The van der Waals surface area contributed by atoms with Crippen molar-refractivity contribution in [2.45, 2.75) is 19.3 Å². The van der Waals surface area contributed by atoms with Gasteiger partial charge in [-0.25, -0.2) is 0 Å². The van der Waals surface area contributed by atoms with Gasteiger partial charge in [-0.15, -0.1) is 0 Å². The lowest BCUT2D eigenvalue weighted by Gasteiger charge is -2.22. The second kappa shape index (κ2) is 15.6. The SMILES string of the molecule is CC1(C)c2ccccc2-c2ccc(-c3ccc4c(c3)c3cc5ccccc5c5c6cc(-c7cccc8c7cc7c9cc(-c%10cc(-c%11ccccc%11)cc(-c%11ccccc%11)c%10)ccc9n9c%10ccccc%10c8c79)ccc6n4c35)cc21. The van der Waals surface area contributed by atoms with E-state index in [1.807, 2.05) is 0 Å². The molecule has 0 radical (unpaired) electrons. The van der Waals surface area contributed by atoms with Gasteiger partial charge in [-0.1, -0.05) is 190 Å². The quantitative estimate of drug-likeness (QED) is 0.162. The van der Waals surface area contributed by atoms with E-state index < -0.39 is 0 Å². The highest BCUT2D eigenvalue weighted by Crippen LogP contribution is 2.52. The molecule has 0 fully saturated rings. The molecule has 0 spiro atoms. The van der Waals surface area contributed by atoms with Crippen LogP contribution in [-0.2, 0) is 5.41 Å². The molecule has 366 valence electrons. The topological polar surface area (TPSA) is 8.82 Å². The molecule has 0 amide bonds. The number of rotatable bonds is 5. The summed E-state index contributed by atoms with van der Waals surface area (Å²) in [5.41, 5.74) is 25.2. The molecule has 18 rings (SSSR count). The summed E-state index contributed by atoms with van der Waals surface area (Å²) >= 11 is 0. The van der Waals surface area contributed by atoms with Crippen LogP contribution >= 0.6 is 0 Å². The van der Waals surface area contributed by atoms with Gasteiger partial charge >= 0.3 is 0 Å². The Balaban J connectivity index is 0.839. The summed E-state index contributed by atoms with van der Waals surface area (Å²) in [7, 11) is 0. The van der Waals surface area contributed by atoms with Crippen LogP contribution < -0.4 is 0 Å². The maximum Gasteiger partial charge on any atom is 0.0626 e. The van der Waals surface area contributed by atoms with E-state index in [0.717, 1.165) is 0 Å². The molecule has 0 saturated heterocycles. The molecule has 17 aromatic rings. The largest absolute Gasteiger partial charge is 0.308 e. The zero-order chi connectivity index (χ0) is 51.8. The van der Waals surface area contributed by atoms with Crippen LogP contribution in [0.25, 0.3) is 164 Å². The van der Waals surface area contributed by atoms with Crippen molar-refractivity contribution in [3.63, 3.8) is 0 Å². The van der Waals surface area contributed by atoms with E-state index in [2.05, 4.69) is 277 Å². The Morgan fingerprint density at radius 3 is 1.44 bits per heavy atom. The number of benzene rings is 13. The van der Waals surface area contributed by atoms with Crippen LogP contribution in [0, 0.1) is 0 Å². The van der Waals surface area contributed by atoms with E-state index in [-0.39, 0.29) is 5.41 Å². The van der Waals surface area contributed by atoms with Crippen molar-refractivity contribution >= 4 is 97.7 Å². The Bertz CT molecular complexity index is 5380. The Morgan fingerprint density at radius 1 is 0.241 bits per heavy atom. The summed E-state index contributed by atoms with van der Waals surface area (Å²) in [4.78, 5) is 0. The molecule has 0 saturated carbocycles. The van der Waals surface area contributed by atoms with Gasteiger partial charge in [0.25, 0.3) is 0 Å². The van der Waals surface area contributed by atoms with Gasteiger partial charge in [0.05, 0.1) is 33.1 Å². The zero-order valence-corrected chi connectivity index (χ0v) is 43.6. The van der Waals surface area contributed by atoms with Crippen LogP contribution in [0.1, 0.15) is 25.0 Å². The van der Waals surface area contributed by atoms with Crippen molar-refractivity contribution in [1.29, 1.82) is 0 Å². The molecule has 0 N–H and O–H groups in total. The van der Waals surface area contributed by atoms with Gasteiger partial charge in [-0.2, -0.15) is 0 Å². The lowest BCUT2D eigenvalue weighted by Crippen LogP contribution is -2.14. The third-order valence-electron chi connectivity index (χ3n) is 18.3. The maximum atomic E-state index is 2.55. The number of aromatic nitrogens is 2. The van der Waals surface area contributed by atoms with Gasteiger partial charge in [0.1, 0.15) is 0 Å². The second-order valence-corrected chi connectivity index (χ2v) is 22.8. The molecule has 0 unspecified atom stereocenters. The highest BCUT2D eigenvalue weighted by molar-refractivity contribution is 6.34. The van der Waals surface area contributed by atoms with E-state index in [9.17, 15) is 0 Å². The fraction of sp³-hybridized carbons (Fsp3) is 0.0390. The van der Waals surface area contributed by atoms with Gasteiger partial charge in [0, 0.05) is 48.5 Å². The maximum absolute atomic E-state index is 2.55. The second-order valence-electron chi connectivity index (χ2n) is 22.8. The van der Waals surface area contributed by atoms with Crippen molar-refractivity contribution in [1.82, 2.24) is 8.80 Å². The summed E-state index contributed by atoms with van der Waals surface area (Å²) in [5, 5.41) is 15.4. The normalized spacial score (nSPS) is 13.3. The van der Waals surface area contributed by atoms with Gasteiger partial charge in [-0.05, 0) is 178 Å². The average molecular weight is 1000 g/mol. The molecule has 2 heteroatoms. The molecular weight excluding hydrogens is 953 g/mol. The lowest BCUT2D eigenvalue weighted by molar-refractivity contribution is 0.660. The van der Waals surface area contributed by atoms with E-state index in [1.165, 1.54) is 176 Å². The van der Waals surface area contributed by atoms with E-state index in [4.69, 9.17) is 0 Å². The smallest absolute Gasteiger partial charge is 0.0626 e. The Morgan fingerprint density at radius 2 is 0.722 bits per heavy atom. The number of hydrogen-bond acceptors (Lipinski definition) is 0. The molecule has 0 aliphatic heterocycles. The van der Waals surface area contributed by atoms with Gasteiger partial charge in [0.2, 0.25) is 0 Å². The molecule has 13 aromatic carbocycles. The van der Waals surface area contributed by atoms with Crippen LogP contribution in [0.2, 0.25) is 0 Å². The van der Waals surface area contributed by atoms with Gasteiger partial charge in [0.15, 0.2) is 0 Å². The van der Waals surface area contributed by atoms with E-state index in [0.29, 0.717) is 0 Å². The zero-order valence-electron chi connectivity index (χ0n) is 43.6. The number of hydrogen-bond donors (Lipinski definition) is 0. The van der Waals surface area contributed by atoms with Gasteiger partial charge in [-0.3, -0.25) is 0 Å². The van der Waals surface area contributed by atoms with Crippen LogP contribution in [0.15, 0.2) is 255 Å². The summed E-state index contributed by atoms with van der Waals surface area (Å²) < 4.78 is 5.07. The van der Waals surface area contributed by atoms with Crippen molar-refractivity contribution in [3.8, 4) is 66.8 Å². The van der Waals surface area contributed by atoms with Crippen molar-refractivity contribution in [2.75, 3.05) is 0 Å². The first kappa shape index (κ1) is 43.1. The Labute approximate surface area is 456 Å². The van der Waals surface area contributed by atoms with Crippen molar-refractivity contribution < 1.29 is 0 Å². The molecule has 1 aliphatic rings. The summed E-state index contributed by atoms with van der Waals surface area (Å²) in [6.07, 6.45) is 0. The molecule has 4 aromatic heterocycles. The van der Waals surface area contributed by atoms with Crippen LogP contribution in [0.4, 0.5) is 0 Å². The predicted octanol–water partition coefficient (Wildman–Crippen LogP) is 20.9. The predicted molar refractivity (Wildman–Crippen MR) is 336 cm³/mol. The van der Waals surface area contributed by atoms with Gasteiger partial charge < -0.3 is 8.80 Å². The first-order valence-corrected chi connectivity index (χ1v) is 27.7. The van der Waals surface area contributed by atoms with Crippen LogP contribution in [0.3, 0.4) is 0 Å². The highest BCUT2D eigenvalue weighted by atomic mass is 14.9. The molecular formula is C77H48N2. The first-order chi connectivity index (χ1) is 38.9. The number of para-hydroxylation sites is 1. The fourth-order valence-electron chi connectivity index (χ4n) is 14.7. The molecule has 79 heavy (non-hydrogen) atoms. The summed E-state index contributed by atoms with van der Waals surface area (Å²) in [6.45, 7) is 4.74. The first-order valence-electron chi connectivity index (χ1n) is 27.7. The number of fused-ring (bicyclic) bond motifs is 19. The molecule has 4 heterocycles. The average Bonchev–Trinajstić information content (AvgIpc) is 4.39. The summed E-state index contributed by atoms with van der Waals surface area (Å²) in [6, 6.07) is 96.2. The van der Waals surface area contributed by atoms with Crippen molar-refractivity contribution in [2.24, 2.45) is 0 Å². The lowest BCUT2D eigenvalue weighted by atomic mass is 9.81. The monoisotopic (exact) mass is 1000 g/mol. The highest BCUT2D eigenvalue weighted by Gasteiger charge is 2.35. The van der Waals surface area contributed by atoms with Crippen LogP contribution in [0.5, 0.6) is 0 Å². The summed E-state index contributed by atoms with van der Waals surface area (Å²) in [5.74, 6) is 0. The molecule has 1 aliphatic carbocycles. The minimum Gasteiger partial charge on any atom is -0.308 e.